The first-order valence-electron chi connectivity index (χ1n) is 7.42. The average molecular weight is 346 g/mol. The molecule has 0 spiro atoms. The molecule has 2 nitrogen and oxygen atoms in total. The predicted octanol–water partition coefficient (Wildman–Crippen LogP) is 4.02. The molecule has 1 fully saturated rings. The molecule has 1 saturated heterocycles. The zero-order valence-electron chi connectivity index (χ0n) is 12.0. The van der Waals surface area contributed by atoms with Gasteiger partial charge in [-0.05, 0) is 36.6 Å². The lowest BCUT2D eigenvalue weighted by atomic mass is 9.85. The van der Waals surface area contributed by atoms with E-state index in [2.05, 4.69) is 51.2 Å². The van der Waals surface area contributed by atoms with Crippen LogP contribution in [0.4, 0.5) is 5.69 Å². The molecule has 3 rings (SSSR count). The first-order chi connectivity index (χ1) is 10.2. The van der Waals surface area contributed by atoms with Crippen LogP contribution < -0.4 is 4.90 Å². The van der Waals surface area contributed by atoms with Gasteiger partial charge in [0.25, 0.3) is 0 Å². The Kier molecular flexibility index (Phi) is 4.32. The third kappa shape index (κ3) is 3.47. The highest BCUT2D eigenvalue weighted by atomic mass is 79.9. The molecule has 0 atom stereocenters. The number of aliphatic hydroxyl groups is 1. The third-order valence-electron chi connectivity index (χ3n) is 4.29. The van der Waals surface area contributed by atoms with Gasteiger partial charge < -0.3 is 10.0 Å². The van der Waals surface area contributed by atoms with E-state index in [-0.39, 0.29) is 0 Å². The molecule has 3 heteroatoms. The summed E-state index contributed by atoms with van der Waals surface area (Å²) in [7, 11) is 0. The standard InChI is InChI=1S/C18H20BrNO/c19-17-9-5-4-6-15(17)14-18(21)10-12-20(13-11-18)16-7-2-1-3-8-16/h1-9,21H,10-14H2. The van der Waals surface area contributed by atoms with E-state index in [0.717, 1.165) is 36.8 Å². The molecule has 0 saturated carbocycles. The number of nitrogens with zero attached hydrogens (tertiary/aromatic N) is 1. The molecule has 2 aromatic rings. The second-order valence-electron chi connectivity index (χ2n) is 5.82. The van der Waals surface area contributed by atoms with Crippen molar-refractivity contribution in [2.75, 3.05) is 18.0 Å². The zero-order valence-corrected chi connectivity index (χ0v) is 13.6. The molecule has 0 amide bonds. The average Bonchev–Trinajstić information content (AvgIpc) is 2.51. The maximum Gasteiger partial charge on any atom is 0.0722 e. The van der Waals surface area contributed by atoms with Gasteiger partial charge in [0.2, 0.25) is 0 Å². The number of hydrogen-bond donors (Lipinski definition) is 1. The van der Waals surface area contributed by atoms with Crippen molar-refractivity contribution in [3.8, 4) is 0 Å². The Morgan fingerprint density at radius 2 is 1.57 bits per heavy atom. The van der Waals surface area contributed by atoms with Crippen molar-refractivity contribution in [3.05, 3.63) is 64.6 Å². The summed E-state index contributed by atoms with van der Waals surface area (Å²) in [6.07, 6.45) is 2.34. The van der Waals surface area contributed by atoms with Crippen LogP contribution in [0.5, 0.6) is 0 Å². The molecule has 0 aliphatic carbocycles. The van der Waals surface area contributed by atoms with Crippen molar-refractivity contribution in [1.82, 2.24) is 0 Å². The van der Waals surface area contributed by atoms with Crippen LogP contribution in [0.15, 0.2) is 59.1 Å². The van der Waals surface area contributed by atoms with Crippen molar-refractivity contribution < 1.29 is 5.11 Å². The number of piperidine rings is 1. The van der Waals surface area contributed by atoms with Gasteiger partial charge in [0.15, 0.2) is 0 Å². The Bertz CT molecular complexity index is 591. The quantitative estimate of drug-likeness (QED) is 0.907. The number of hydrogen-bond acceptors (Lipinski definition) is 2. The van der Waals surface area contributed by atoms with Gasteiger partial charge in [-0.2, -0.15) is 0 Å². The van der Waals surface area contributed by atoms with Crippen molar-refractivity contribution in [2.24, 2.45) is 0 Å². The first-order valence-corrected chi connectivity index (χ1v) is 8.21. The van der Waals surface area contributed by atoms with Gasteiger partial charge in [0.05, 0.1) is 5.60 Å². The second-order valence-corrected chi connectivity index (χ2v) is 6.67. The van der Waals surface area contributed by atoms with E-state index in [9.17, 15) is 5.11 Å². The lowest BCUT2D eigenvalue weighted by Gasteiger charge is -2.39. The highest BCUT2D eigenvalue weighted by molar-refractivity contribution is 9.10. The molecule has 1 N–H and O–H groups in total. The molecule has 1 aliphatic heterocycles. The topological polar surface area (TPSA) is 23.5 Å². The molecule has 1 heterocycles. The van der Waals surface area contributed by atoms with E-state index in [0.29, 0.717) is 0 Å². The zero-order chi connectivity index (χ0) is 14.7. The normalized spacial score (nSPS) is 17.7. The summed E-state index contributed by atoms with van der Waals surface area (Å²) >= 11 is 3.57. The van der Waals surface area contributed by atoms with E-state index in [4.69, 9.17) is 0 Å². The van der Waals surface area contributed by atoms with Gasteiger partial charge in [-0.3, -0.25) is 0 Å². The Hall–Kier alpha value is -1.32. The van der Waals surface area contributed by atoms with Crippen LogP contribution >= 0.6 is 15.9 Å². The summed E-state index contributed by atoms with van der Waals surface area (Å²) in [5.41, 5.74) is 1.85. The minimum atomic E-state index is -0.588. The number of halogens is 1. The third-order valence-corrected chi connectivity index (χ3v) is 5.07. The number of anilines is 1. The monoisotopic (exact) mass is 345 g/mol. The second kappa shape index (κ2) is 6.20. The lowest BCUT2D eigenvalue weighted by Crippen LogP contribution is -2.45. The lowest BCUT2D eigenvalue weighted by molar-refractivity contribution is 0.0164. The molecule has 0 aromatic heterocycles. The highest BCUT2D eigenvalue weighted by Crippen LogP contribution is 2.31. The van der Waals surface area contributed by atoms with Crippen molar-refractivity contribution in [3.63, 3.8) is 0 Å². The fourth-order valence-electron chi connectivity index (χ4n) is 2.99. The Morgan fingerprint density at radius 3 is 2.24 bits per heavy atom. The summed E-state index contributed by atoms with van der Waals surface area (Å²) in [6.45, 7) is 1.82. The van der Waals surface area contributed by atoms with E-state index in [1.807, 2.05) is 24.3 Å². The van der Waals surface area contributed by atoms with E-state index in [1.54, 1.807) is 0 Å². The summed E-state index contributed by atoms with van der Waals surface area (Å²) in [4.78, 5) is 2.36. The van der Waals surface area contributed by atoms with E-state index >= 15 is 0 Å². The van der Waals surface area contributed by atoms with E-state index in [1.165, 1.54) is 11.3 Å². The molecule has 110 valence electrons. The molecule has 0 bridgehead atoms. The molecule has 0 unspecified atom stereocenters. The molecular formula is C18H20BrNO. The fourth-order valence-corrected chi connectivity index (χ4v) is 3.42. The van der Waals surface area contributed by atoms with Gasteiger partial charge in [-0.25, -0.2) is 0 Å². The van der Waals surface area contributed by atoms with Crippen LogP contribution in [-0.2, 0) is 6.42 Å². The minimum Gasteiger partial charge on any atom is -0.389 e. The van der Waals surface area contributed by atoms with Crippen molar-refractivity contribution in [1.29, 1.82) is 0 Å². The molecule has 21 heavy (non-hydrogen) atoms. The molecule has 0 radical (unpaired) electrons. The van der Waals surface area contributed by atoms with Crippen molar-refractivity contribution >= 4 is 21.6 Å². The van der Waals surface area contributed by atoms with Crippen LogP contribution in [0.2, 0.25) is 0 Å². The van der Waals surface area contributed by atoms with Gasteiger partial charge in [0.1, 0.15) is 0 Å². The van der Waals surface area contributed by atoms with Gasteiger partial charge in [-0.1, -0.05) is 52.3 Å². The highest BCUT2D eigenvalue weighted by Gasteiger charge is 2.32. The van der Waals surface area contributed by atoms with Crippen LogP contribution in [0, 0.1) is 0 Å². The van der Waals surface area contributed by atoms with Gasteiger partial charge in [0, 0.05) is 29.7 Å². The predicted molar refractivity (Wildman–Crippen MR) is 90.7 cm³/mol. The first kappa shape index (κ1) is 14.6. The maximum atomic E-state index is 10.9. The van der Waals surface area contributed by atoms with Gasteiger partial charge >= 0.3 is 0 Å². The number of para-hydroxylation sites is 1. The number of rotatable bonds is 3. The summed E-state index contributed by atoms with van der Waals surface area (Å²) < 4.78 is 1.09. The SMILES string of the molecule is OC1(Cc2ccccc2Br)CCN(c2ccccc2)CC1. The number of benzene rings is 2. The Labute approximate surface area is 134 Å². The Morgan fingerprint density at radius 1 is 0.952 bits per heavy atom. The molecule has 2 aromatic carbocycles. The van der Waals surface area contributed by atoms with Crippen LogP contribution in [-0.4, -0.2) is 23.8 Å². The van der Waals surface area contributed by atoms with E-state index < -0.39 is 5.60 Å². The summed E-state index contributed by atoms with van der Waals surface area (Å²) in [5, 5.41) is 10.9. The molecular weight excluding hydrogens is 326 g/mol. The van der Waals surface area contributed by atoms with Crippen LogP contribution in [0.25, 0.3) is 0 Å². The largest absolute Gasteiger partial charge is 0.389 e. The maximum absolute atomic E-state index is 10.9. The van der Waals surface area contributed by atoms with Crippen molar-refractivity contribution in [2.45, 2.75) is 24.9 Å². The van der Waals surface area contributed by atoms with Crippen LogP contribution in [0.3, 0.4) is 0 Å². The van der Waals surface area contributed by atoms with Gasteiger partial charge in [-0.15, -0.1) is 0 Å². The fraction of sp³-hybridized carbons (Fsp3) is 0.333. The summed E-state index contributed by atoms with van der Waals surface area (Å²) in [6, 6.07) is 18.6. The van der Waals surface area contributed by atoms with Crippen LogP contribution in [0.1, 0.15) is 18.4 Å². The smallest absolute Gasteiger partial charge is 0.0722 e. The molecule has 1 aliphatic rings. The minimum absolute atomic E-state index is 0.588. The summed E-state index contributed by atoms with van der Waals surface area (Å²) in [5.74, 6) is 0. The Balaban J connectivity index is 1.66.